The summed E-state index contributed by atoms with van der Waals surface area (Å²) in [4.78, 5) is 14.7. The number of thioether (sulfide) groups is 1. The monoisotopic (exact) mass is 432 g/mol. The van der Waals surface area contributed by atoms with E-state index in [-0.39, 0.29) is 5.91 Å². The van der Waals surface area contributed by atoms with E-state index < -0.39 is 0 Å². The number of benzene rings is 2. The maximum absolute atomic E-state index is 12.4. The van der Waals surface area contributed by atoms with Crippen molar-refractivity contribution in [2.75, 3.05) is 29.1 Å². The number of nitrogens with zero attached hydrogens (tertiary/aromatic N) is 5. The number of rotatable bonds is 7. The van der Waals surface area contributed by atoms with Crippen LogP contribution in [-0.4, -0.2) is 39.5 Å². The lowest BCUT2D eigenvalue weighted by atomic mass is 10.2. The van der Waals surface area contributed by atoms with E-state index in [1.54, 1.807) is 24.3 Å². The second-order valence-electron chi connectivity index (χ2n) is 7.45. The summed E-state index contributed by atoms with van der Waals surface area (Å²) in [5.74, 6) is 1.29. The number of aromatic nitrogens is 3. The molecule has 0 saturated carbocycles. The number of carbonyl (C=O) groups is 1. The molecule has 0 unspecified atom stereocenters. The van der Waals surface area contributed by atoms with Gasteiger partial charge in [-0.2, -0.15) is 5.26 Å². The lowest BCUT2D eigenvalue weighted by Crippen LogP contribution is -2.22. The molecule has 1 amide bonds. The lowest BCUT2D eigenvalue weighted by Gasteiger charge is -2.18. The molecule has 2 aromatic carbocycles. The third-order valence-electron chi connectivity index (χ3n) is 5.18. The molecule has 0 aliphatic carbocycles. The van der Waals surface area contributed by atoms with Gasteiger partial charge in [-0.15, -0.1) is 10.2 Å². The average Bonchev–Trinajstić information content (AvgIpc) is 3.45. The topological polar surface area (TPSA) is 86.8 Å². The number of amides is 1. The maximum Gasteiger partial charge on any atom is 0.232 e. The van der Waals surface area contributed by atoms with Crippen LogP contribution >= 0.6 is 11.8 Å². The Balaban J connectivity index is 1.46. The summed E-state index contributed by atoms with van der Waals surface area (Å²) in [5, 5.41) is 21.7. The van der Waals surface area contributed by atoms with Crippen molar-refractivity contribution in [1.82, 2.24) is 14.8 Å². The van der Waals surface area contributed by atoms with E-state index in [1.165, 1.54) is 17.3 Å². The summed E-state index contributed by atoms with van der Waals surface area (Å²) in [6, 6.07) is 17.4. The first-order valence-electron chi connectivity index (χ1n) is 10.3. The van der Waals surface area contributed by atoms with Crippen LogP contribution in [0.25, 0.3) is 5.69 Å². The predicted molar refractivity (Wildman–Crippen MR) is 123 cm³/mol. The molecule has 1 aliphatic rings. The largest absolute Gasteiger partial charge is 0.341 e. The third kappa shape index (κ3) is 4.89. The number of nitrogens with one attached hydrogen (secondary N) is 1. The first-order valence-corrected chi connectivity index (χ1v) is 11.3. The molecule has 1 N–H and O–H groups in total. The molecule has 1 aliphatic heterocycles. The molecular formula is C23H24N6OS. The Morgan fingerprint density at radius 1 is 1.13 bits per heavy atom. The molecule has 3 aromatic rings. The van der Waals surface area contributed by atoms with E-state index in [9.17, 15) is 10.1 Å². The summed E-state index contributed by atoms with van der Waals surface area (Å²) in [6.45, 7) is 4.03. The highest BCUT2D eigenvalue weighted by molar-refractivity contribution is 7.99. The van der Waals surface area contributed by atoms with E-state index >= 15 is 0 Å². The van der Waals surface area contributed by atoms with Crippen molar-refractivity contribution in [2.24, 2.45) is 0 Å². The number of hydrogen-bond acceptors (Lipinski definition) is 6. The minimum atomic E-state index is -0.128. The van der Waals surface area contributed by atoms with E-state index in [0.717, 1.165) is 42.7 Å². The van der Waals surface area contributed by atoms with Gasteiger partial charge in [0.25, 0.3) is 0 Å². The van der Waals surface area contributed by atoms with Gasteiger partial charge in [-0.25, -0.2) is 0 Å². The first kappa shape index (κ1) is 20.9. The molecule has 31 heavy (non-hydrogen) atoms. The minimum absolute atomic E-state index is 0.128. The zero-order chi connectivity index (χ0) is 21.6. The molecule has 0 bridgehead atoms. The van der Waals surface area contributed by atoms with Gasteiger partial charge in [0.2, 0.25) is 11.9 Å². The number of anilines is 2. The van der Waals surface area contributed by atoms with E-state index in [0.29, 0.717) is 23.4 Å². The van der Waals surface area contributed by atoms with Crippen molar-refractivity contribution in [2.45, 2.75) is 31.3 Å². The van der Waals surface area contributed by atoms with Crippen molar-refractivity contribution in [3.8, 4) is 11.8 Å². The van der Waals surface area contributed by atoms with Gasteiger partial charge in [-0.05, 0) is 44.0 Å². The van der Waals surface area contributed by atoms with E-state index in [1.807, 2.05) is 0 Å². The average molecular weight is 433 g/mol. The van der Waals surface area contributed by atoms with Gasteiger partial charge in [0.15, 0.2) is 5.16 Å². The highest BCUT2D eigenvalue weighted by atomic mass is 32.2. The Morgan fingerprint density at radius 2 is 1.87 bits per heavy atom. The Hall–Kier alpha value is -3.31. The van der Waals surface area contributed by atoms with Crippen LogP contribution in [0.15, 0.2) is 53.7 Å². The Bertz CT molecular complexity index is 1100. The van der Waals surface area contributed by atoms with Crippen LogP contribution in [-0.2, 0) is 4.79 Å². The van der Waals surface area contributed by atoms with Crippen LogP contribution in [0.2, 0.25) is 0 Å². The van der Waals surface area contributed by atoms with Crippen molar-refractivity contribution >= 4 is 29.3 Å². The van der Waals surface area contributed by atoms with Crippen molar-refractivity contribution in [3.05, 3.63) is 59.7 Å². The van der Waals surface area contributed by atoms with Gasteiger partial charge in [0, 0.05) is 25.3 Å². The normalized spacial score (nSPS) is 13.2. The van der Waals surface area contributed by atoms with Gasteiger partial charge >= 0.3 is 0 Å². The van der Waals surface area contributed by atoms with Gasteiger partial charge < -0.3 is 10.2 Å². The number of nitriles is 1. The summed E-state index contributed by atoms with van der Waals surface area (Å²) in [6.07, 6.45) is 2.63. The number of hydrogen-bond donors (Lipinski definition) is 1. The fourth-order valence-electron chi connectivity index (χ4n) is 3.53. The quantitative estimate of drug-likeness (QED) is 0.564. The minimum Gasteiger partial charge on any atom is -0.341 e. The van der Waals surface area contributed by atoms with Crippen LogP contribution in [0.3, 0.4) is 0 Å². The summed E-state index contributed by atoms with van der Waals surface area (Å²) in [5.41, 5.74) is 3.22. The summed E-state index contributed by atoms with van der Waals surface area (Å²) in [7, 11) is 0. The van der Waals surface area contributed by atoms with Crippen LogP contribution in [0.5, 0.6) is 0 Å². The molecule has 0 spiro atoms. The fraction of sp³-hybridized carbons (Fsp3) is 0.304. The van der Waals surface area contributed by atoms with E-state index in [2.05, 4.69) is 62.2 Å². The molecule has 1 aromatic heterocycles. The second kappa shape index (κ2) is 9.67. The standard InChI is InChI=1S/C23H24N6OS/c1-17-8-10-19(11-9-17)29-22(28-13-4-5-14-28)26-27-23(29)31-15-12-21(30)25-20-7-3-2-6-18(20)16-24/h2-3,6-11H,4-5,12-15H2,1H3,(H,25,30). The molecule has 158 valence electrons. The lowest BCUT2D eigenvalue weighted by molar-refractivity contribution is -0.115. The molecule has 8 heteroatoms. The van der Waals surface area contributed by atoms with Crippen LogP contribution in [0.1, 0.15) is 30.4 Å². The number of carbonyl (C=O) groups excluding carboxylic acids is 1. The molecule has 7 nitrogen and oxygen atoms in total. The number of aryl methyl sites for hydroxylation is 1. The molecule has 0 atom stereocenters. The van der Waals surface area contributed by atoms with Crippen LogP contribution < -0.4 is 10.2 Å². The molecule has 4 rings (SSSR count). The van der Waals surface area contributed by atoms with Crippen molar-refractivity contribution < 1.29 is 4.79 Å². The molecular weight excluding hydrogens is 408 g/mol. The Morgan fingerprint density at radius 3 is 2.61 bits per heavy atom. The Labute approximate surface area is 186 Å². The number of para-hydroxylation sites is 1. The van der Waals surface area contributed by atoms with E-state index in [4.69, 9.17) is 0 Å². The highest BCUT2D eigenvalue weighted by Gasteiger charge is 2.22. The highest BCUT2D eigenvalue weighted by Crippen LogP contribution is 2.29. The third-order valence-corrected chi connectivity index (χ3v) is 6.11. The molecule has 2 heterocycles. The fourth-order valence-corrected chi connectivity index (χ4v) is 4.42. The molecule has 0 radical (unpaired) electrons. The van der Waals surface area contributed by atoms with Crippen molar-refractivity contribution in [3.63, 3.8) is 0 Å². The maximum atomic E-state index is 12.4. The molecule has 1 fully saturated rings. The van der Waals surface area contributed by atoms with Gasteiger partial charge in [-0.1, -0.05) is 41.6 Å². The van der Waals surface area contributed by atoms with Crippen LogP contribution in [0, 0.1) is 18.3 Å². The summed E-state index contributed by atoms with van der Waals surface area (Å²) < 4.78 is 2.08. The zero-order valence-corrected chi connectivity index (χ0v) is 18.2. The zero-order valence-electron chi connectivity index (χ0n) is 17.4. The SMILES string of the molecule is Cc1ccc(-n2c(SCCC(=O)Nc3ccccc3C#N)nnc2N2CCCC2)cc1. The predicted octanol–water partition coefficient (Wildman–Crippen LogP) is 4.17. The van der Waals surface area contributed by atoms with Gasteiger partial charge in [-0.3, -0.25) is 9.36 Å². The summed E-state index contributed by atoms with van der Waals surface area (Å²) >= 11 is 1.51. The van der Waals surface area contributed by atoms with Gasteiger partial charge in [0.1, 0.15) is 6.07 Å². The Kier molecular flexibility index (Phi) is 6.53. The second-order valence-corrected chi connectivity index (χ2v) is 8.51. The van der Waals surface area contributed by atoms with Gasteiger partial charge in [0.05, 0.1) is 16.9 Å². The molecule has 1 saturated heterocycles. The smallest absolute Gasteiger partial charge is 0.232 e. The van der Waals surface area contributed by atoms with Crippen LogP contribution in [0.4, 0.5) is 11.6 Å². The first-order chi connectivity index (χ1) is 15.2. The van der Waals surface area contributed by atoms with Crippen molar-refractivity contribution in [1.29, 1.82) is 5.26 Å².